The number of hydrogen-bond acceptors (Lipinski definition) is 4. The van der Waals surface area contributed by atoms with Crippen LogP contribution in [-0.2, 0) is 12.8 Å². The number of nitrogen functional groups attached to an aromatic ring is 1. The average Bonchev–Trinajstić information content (AvgIpc) is 2.71. The van der Waals surface area contributed by atoms with Crippen molar-refractivity contribution in [1.29, 1.82) is 0 Å². The number of rotatable bonds is 3. The minimum absolute atomic E-state index is 0.692. The second-order valence-electron chi connectivity index (χ2n) is 4.30. The van der Waals surface area contributed by atoms with E-state index < -0.39 is 0 Å². The number of aromatic nitrogens is 1. The highest BCUT2D eigenvalue weighted by Crippen LogP contribution is 2.29. The van der Waals surface area contributed by atoms with Gasteiger partial charge >= 0.3 is 0 Å². The van der Waals surface area contributed by atoms with Crippen LogP contribution < -0.4 is 5.73 Å². The Kier molecular flexibility index (Phi) is 5.92. The number of thiazole rings is 1. The van der Waals surface area contributed by atoms with Crippen LogP contribution in [0.2, 0.25) is 0 Å². The molecule has 3 nitrogen and oxygen atoms in total. The van der Waals surface area contributed by atoms with E-state index in [1.54, 1.807) is 11.3 Å². The summed E-state index contributed by atoms with van der Waals surface area (Å²) in [6.07, 6.45) is 4.69. The van der Waals surface area contributed by atoms with Gasteiger partial charge in [-0.1, -0.05) is 20.8 Å². The summed E-state index contributed by atoms with van der Waals surface area (Å²) in [7, 11) is 2.23. The maximum absolute atomic E-state index is 5.73. The highest BCUT2D eigenvalue weighted by Gasteiger charge is 2.24. The first-order valence-corrected chi connectivity index (χ1v) is 7.46. The quantitative estimate of drug-likeness (QED) is 0.903. The van der Waals surface area contributed by atoms with E-state index in [1.165, 1.54) is 30.0 Å². The Morgan fingerprint density at radius 2 is 2.18 bits per heavy atom. The van der Waals surface area contributed by atoms with E-state index >= 15 is 0 Å². The van der Waals surface area contributed by atoms with Crippen LogP contribution in [0.25, 0.3) is 0 Å². The van der Waals surface area contributed by atoms with E-state index in [0.717, 1.165) is 18.0 Å². The summed E-state index contributed by atoms with van der Waals surface area (Å²) < 4.78 is 0. The number of hydrogen-bond donors (Lipinski definition) is 1. The zero-order valence-corrected chi connectivity index (χ0v) is 12.3. The van der Waals surface area contributed by atoms with Crippen LogP contribution in [0.5, 0.6) is 0 Å². The lowest BCUT2D eigenvalue weighted by Crippen LogP contribution is -2.36. The molecule has 0 aliphatic heterocycles. The fraction of sp³-hybridized carbons (Fsp3) is 0.769. The Bertz CT molecular complexity index is 335. The van der Waals surface area contributed by atoms with Gasteiger partial charge in [0.25, 0.3) is 0 Å². The molecular formula is C13H25N3S. The highest BCUT2D eigenvalue weighted by molar-refractivity contribution is 7.15. The van der Waals surface area contributed by atoms with Crippen molar-refractivity contribution in [3.05, 3.63) is 10.6 Å². The van der Waals surface area contributed by atoms with Crippen molar-refractivity contribution >= 4 is 16.5 Å². The number of anilines is 1. The van der Waals surface area contributed by atoms with Gasteiger partial charge in [-0.25, -0.2) is 4.98 Å². The normalized spacial score (nSPS) is 18.5. The molecule has 1 unspecified atom stereocenters. The molecule has 0 spiro atoms. The molecule has 0 bridgehead atoms. The van der Waals surface area contributed by atoms with Crippen LogP contribution in [0.15, 0.2) is 0 Å². The molecule has 1 aliphatic carbocycles. The summed E-state index contributed by atoms with van der Waals surface area (Å²) in [5, 5.41) is 0.735. The van der Waals surface area contributed by atoms with Gasteiger partial charge in [-0.2, -0.15) is 0 Å². The summed E-state index contributed by atoms with van der Waals surface area (Å²) in [5.41, 5.74) is 6.98. The number of nitrogens with zero attached hydrogens (tertiary/aromatic N) is 2. The first-order valence-electron chi connectivity index (χ1n) is 6.65. The molecule has 1 atom stereocenters. The van der Waals surface area contributed by atoms with Crippen LogP contribution in [0.1, 0.15) is 44.2 Å². The van der Waals surface area contributed by atoms with Gasteiger partial charge in [0, 0.05) is 10.9 Å². The van der Waals surface area contributed by atoms with Gasteiger partial charge in [0.2, 0.25) is 0 Å². The SMILES string of the molecule is CC.CCCN(C)C1CCc2nc(N)sc2C1. The van der Waals surface area contributed by atoms with Crippen LogP contribution in [0.4, 0.5) is 5.13 Å². The van der Waals surface area contributed by atoms with Crippen LogP contribution >= 0.6 is 11.3 Å². The molecule has 0 saturated heterocycles. The third-order valence-corrected chi connectivity index (χ3v) is 4.08. The van der Waals surface area contributed by atoms with Crippen molar-refractivity contribution in [1.82, 2.24) is 9.88 Å². The standard InChI is InChI=1S/C11H19N3S.C2H6/c1-3-6-14(2)8-4-5-9-10(7-8)15-11(12)13-9;1-2/h8H,3-7H2,1-2H3,(H2,12,13);1-2H3. The first-order chi connectivity index (χ1) is 8.20. The van der Waals surface area contributed by atoms with E-state index in [1.807, 2.05) is 13.8 Å². The molecule has 0 saturated carbocycles. The summed E-state index contributed by atoms with van der Waals surface area (Å²) >= 11 is 1.67. The van der Waals surface area contributed by atoms with Crippen molar-refractivity contribution in [3.63, 3.8) is 0 Å². The molecule has 0 radical (unpaired) electrons. The predicted octanol–water partition coefficient (Wildman–Crippen LogP) is 2.95. The Balaban J connectivity index is 0.000000686. The van der Waals surface area contributed by atoms with Crippen LogP contribution in [0.3, 0.4) is 0 Å². The molecule has 1 heterocycles. The Morgan fingerprint density at radius 3 is 2.82 bits per heavy atom. The summed E-state index contributed by atoms with van der Waals surface area (Å²) in [5.74, 6) is 0. The molecule has 1 aromatic heterocycles. The zero-order chi connectivity index (χ0) is 12.8. The third kappa shape index (κ3) is 3.68. The van der Waals surface area contributed by atoms with E-state index in [-0.39, 0.29) is 0 Å². The Hall–Kier alpha value is -0.610. The molecule has 2 rings (SSSR count). The fourth-order valence-corrected chi connectivity index (χ4v) is 3.24. The van der Waals surface area contributed by atoms with Crippen molar-refractivity contribution in [3.8, 4) is 0 Å². The fourth-order valence-electron chi connectivity index (χ4n) is 2.29. The second-order valence-corrected chi connectivity index (χ2v) is 5.41. The van der Waals surface area contributed by atoms with Crippen molar-refractivity contribution < 1.29 is 0 Å². The van der Waals surface area contributed by atoms with Crippen LogP contribution in [0, 0.1) is 0 Å². The van der Waals surface area contributed by atoms with Gasteiger partial charge in [-0.05, 0) is 39.3 Å². The summed E-state index contributed by atoms with van der Waals surface area (Å²) in [6.45, 7) is 7.42. The van der Waals surface area contributed by atoms with Gasteiger partial charge in [0.1, 0.15) is 0 Å². The lowest BCUT2D eigenvalue weighted by atomic mass is 9.96. The number of likely N-dealkylation sites (N-methyl/N-ethyl adjacent to an activating group) is 1. The monoisotopic (exact) mass is 255 g/mol. The van der Waals surface area contributed by atoms with Gasteiger partial charge in [-0.15, -0.1) is 11.3 Å². The van der Waals surface area contributed by atoms with E-state index in [9.17, 15) is 0 Å². The molecule has 1 aliphatic rings. The molecule has 0 amide bonds. The highest BCUT2D eigenvalue weighted by atomic mass is 32.1. The minimum atomic E-state index is 0.692. The summed E-state index contributed by atoms with van der Waals surface area (Å²) in [4.78, 5) is 8.25. The maximum atomic E-state index is 5.73. The van der Waals surface area contributed by atoms with Crippen LogP contribution in [-0.4, -0.2) is 29.5 Å². The maximum Gasteiger partial charge on any atom is 0.180 e. The lowest BCUT2D eigenvalue weighted by Gasteiger charge is -2.30. The number of aryl methyl sites for hydroxylation is 1. The number of fused-ring (bicyclic) bond motifs is 1. The molecule has 98 valence electrons. The van der Waals surface area contributed by atoms with Gasteiger partial charge in [0.05, 0.1) is 5.69 Å². The van der Waals surface area contributed by atoms with E-state index in [2.05, 4.69) is 23.9 Å². The van der Waals surface area contributed by atoms with Crippen molar-refractivity contribution in [2.24, 2.45) is 0 Å². The number of nitrogens with two attached hydrogens (primary N) is 1. The Morgan fingerprint density at radius 1 is 1.47 bits per heavy atom. The van der Waals surface area contributed by atoms with Gasteiger partial charge in [-0.3, -0.25) is 0 Å². The molecule has 0 aromatic carbocycles. The van der Waals surface area contributed by atoms with E-state index in [0.29, 0.717) is 6.04 Å². The average molecular weight is 255 g/mol. The molecule has 1 aromatic rings. The molecular weight excluding hydrogens is 230 g/mol. The van der Waals surface area contributed by atoms with Gasteiger partial charge in [0.15, 0.2) is 5.13 Å². The molecule has 17 heavy (non-hydrogen) atoms. The molecule has 2 N–H and O–H groups in total. The Labute approximate surface area is 109 Å². The third-order valence-electron chi connectivity index (χ3n) is 3.13. The molecule has 0 fully saturated rings. The first kappa shape index (κ1) is 14.5. The van der Waals surface area contributed by atoms with Crippen molar-refractivity contribution in [2.45, 2.75) is 52.5 Å². The summed E-state index contributed by atoms with van der Waals surface area (Å²) in [6, 6.07) is 0.692. The second kappa shape index (κ2) is 6.97. The molecule has 4 heteroatoms. The lowest BCUT2D eigenvalue weighted by molar-refractivity contribution is 0.223. The van der Waals surface area contributed by atoms with E-state index in [4.69, 9.17) is 5.73 Å². The zero-order valence-electron chi connectivity index (χ0n) is 11.5. The van der Waals surface area contributed by atoms with Gasteiger partial charge < -0.3 is 10.6 Å². The topological polar surface area (TPSA) is 42.2 Å². The van der Waals surface area contributed by atoms with Crippen molar-refractivity contribution in [2.75, 3.05) is 19.3 Å². The smallest absolute Gasteiger partial charge is 0.180 e. The predicted molar refractivity (Wildman–Crippen MR) is 76.6 cm³/mol. The minimum Gasteiger partial charge on any atom is -0.375 e. The largest absolute Gasteiger partial charge is 0.375 e.